The first-order valence-corrected chi connectivity index (χ1v) is 7.45. The molecule has 0 aliphatic carbocycles. The number of anilines is 2. The summed E-state index contributed by atoms with van der Waals surface area (Å²) in [6.07, 6.45) is 2.74. The summed E-state index contributed by atoms with van der Waals surface area (Å²) in [5.41, 5.74) is 0.323. The van der Waals surface area contributed by atoms with E-state index in [4.69, 9.17) is 0 Å². The van der Waals surface area contributed by atoms with E-state index in [2.05, 4.69) is 21.3 Å². The summed E-state index contributed by atoms with van der Waals surface area (Å²) in [6, 6.07) is 4.94. The molecular weight excluding hydrogens is 323 g/mol. The molecular formula is C16H14F3N3S. The molecule has 2 aromatic rings. The van der Waals surface area contributed by atoms with Crippen molar-refractivity contribution in [3.8, 4) is 0 Å². The normalized spacial score (nSPS) is 12.6. The highest BCUT2D eigenvalue weighted by molar-refractivity contribution is 7.09. The van der Waals surface area contributed by atoms with Crippen molar-refractivity contribution in [1.29, 1.82) is 0 Å². The summed E-state index contributed by atoms with van der Waals surface area (Å²) >= 11 is 1.07. The SMILES string of the molecule is C=C/C(=C\C=C/C)c1nsc(Nc2cccc(C(F)(F)F)c2)n1. The van der Waals surface area contributed by atoms with E-state index in [0.29, 0.717) is 16.6 Å². The zero-order chi connectivity index (χ0) is 16.9. The first kappa shape index (κ1) is 17.0. The number of hydrogen-bond acceptors (Lipinski definition) is 4. The summed E-state index contributed by atoms with van der Waals surface area (Å²) in [7, 11) is 0. The fourth-order valence-corrected chi connectivity index (χ4v) is 2.33. The number of nitrogens with one attached hydrogen (secondary N) is 1. The van der Waals surface area contributed by atoms with E-state index < -0.39 is 11.7 Å². The first-order valence-electron chi connectivity index (χ1n) is 6.68. The van der Waals surface area contributed by atoms with Crippen LogP contribution in [0.15, 0.2) is 55.1 Å². The molecule has 0 atom stereocenters. The highest BCUT2D eigenvalue weighted by Gasteiger charge is 2.30. The lowest BCUT2D eigenvalue weighted by atomic mass is 10.2. The maximum absolute atomic E-state index is 12.7. The molecule has 3 nitrogen and oxygen atoms in total. The van der Waals surface area contributed by atoms with Gasteiger partial charge in [-0.3, -0.25) is 0 Å². The number of benzene rings is 1. The Kier molecular flexibility index (Phi) is 5.33. The van der Waals surface area contributed by atoms with Crippen molar-refractivity contribution in [2.75, 3.05) is 5.32 Å². The van der Waals surface area contributed by atoms with Gasteiger partial charge in [0.05, 0.1) is 5.56 Å². The Morgan fingerprint density at radius 2 is 2.13 bits per heavy atom. The minimum absolute atomic E-state index is 0.306. The minimum Gasteiger partial charge on any atom is -0.330 e. The molecule has 0 amide bonds. The Hall–Kier alpha value is -2.41. The molecule has 120 valence electrons. The molecule has 0 spiro atoms. The van der Waals surface area contributed by atoms with E-state index in [0.717, 1.165) is 29.2 Å². The molecule has 1 aromatic heterocycles. The van der Waals surface area contributed by atoms with Crippen molar-refractivity contribution < 1.29 is 13.2 Å². The van der Waals surface area contributed by atoms with Crippen LogP contribution >= 0.6 is 11.5 Å². The number of hydrogen-bond donors (Lipinski definition) is 1. The van der Waals surface area contributed by atoms with Crippen LogP contribution in [0.5, 0.6) is 0 Å². The number of nitrogens with zero attached hydrogens (tertiary/aromatic N) is 2. The molecule has 0 unspecified atom stereocenters. The van der Waals surface area contributed by atoms with Crippen LogP contribution in [0.25, 0.3) is 5.57 Å². The van der Waals surface area contributed by atoms with E-state index in [1.54, 1.807) is 12.1 Å². The van der Waals surface area contributed by atoms with Gasteiger partial charge in [0.1, 0.15) is 0 Å². The minimum atomic E-state index is -4.38. The average Bonchev–Trinajstić information content (AvgIpc) is 2.96. The van der Waals surface area contributed by atoms with Crippen LogP contribution in [0.3, 0.4) is 0 Å². The summed E-state index contributed by atoms with van der Waals surface area (Å²) < 4.78 is 42.3. The molecule has 1 heterocycles. The number of aromatic nitrogens is 2. The highest BCUT2D eigenvalue weighted by Crippen LogP contribution is 2.31. The van der Waals surface area contributed by atoms with Gasteiger partial charge in [-0.15, -0.1) is 0 Å². The summed E-state index contributed by atoms with van der Waals surface area (Å²) in [5.74, 6) is 0.470. The van der Waals surface area contributed by atoms with Crippen molar-refractivity contribution in [1.82, 2.24) is 9.36 Å². The maximum atomic E-state index is 12.7. The molecule has 0 aliphatic rings. The second-order valence-electron chi connectivity index (χ2n) is 4.48. The molecule has 7 heteroatoms. The zero-order valence-corrected chi connectivity index (χ0v) is 13.1. The van der Waals surface area contributed by atoms with Gasteiger partial charge in [-0.25, -0.2) is 0 Å². The van der Waals surface area contributed by atoms with Gasteiger partial charge in [-0.05, 0) is 25.1 Å². The van der Waals surface area contributed by atoms with Crippen LogP contribution in [0.1, 0.15) is 18.3 Å². The van der Waals surface area contributed by atoms with Crippen molar-refractivity contribution in [3.05, 3.63) is 66.5 Å². The van der Waals surface area contributed by atoms with Gasteiger partial charge < -0.3 is 5.32 Å². The predicted molar refractivity (Wildman–Crippen MR) is 87.6 cm³/mol. The predicted octanol–water partition coefficient (Wildman–Crippen LogP) is 5.45. The fraction of sp³-hybridized carbons (Fsp3) is 0.125. The Bertz CT molecular complexity index is 745. The van der Waals surface area contributed by atoms with E-state index in [-0.39, 0.29) is 0 Å². The molecule has 0 aliphatic heterocycles. The Morgan fingerprint density at radius 3 is 2.78 bits per heavy atom. The van der Waals surface area contributed by atoms with Gasteiger partial charge in [0.25, 0.3) is 0 Å². The van der Waals surface area contributed by atoms with Gasteiger partial charge in [-0.1, -0.05) is 36.9 Å². The monoisotopic (exact) mass is 337 g/mol. The van der Waals surface area contributed by atoms with Gasteiger partial charge in [0, 0.05) is 22.8 Å². The average molecular weight is 337 g/mol. The molecule has 2 rings (SSSR count). The fourth-order valence-electron chi connectivity index (χ4n) is 1.72. The molecule has 0 saturated carbocycles. The highest BCUT2D eigenvalue weighted by atomic mass is 32.1. The lowest BCUT2D eigenvalue weighted by Crippen LogP contribution is -2.05. The van der Waals surface area contributed by atoms with Gasteiger partial charge >= 0.3 is 6.18 Å². The van der Waals surface area contributed by atoms with E-state index in [9.17, 15) is 13.2 Å². The van der Waals surface area contributed by atoms with Crippen LogP contribution in [0, 0.1) is 0 Å². The number of alkyl halides is 3. The van der Waals surface area contributed by atoms with Gasteiger partial charge in [0.15, 0.2) is 5.82 Å². The molecule has 1 aromatic carbocycles. The third-order valence-electron chi connectivity index (χ3n) is 2.81. The summed E-state index contributed by atoms with van der Waals surface area (Å²) in [6.45, 7) is 5.58. The molecule has 1 N–H and O–H groups in total. The Balaban J connectivity index is 2.21. The van der Waals surface area contributed by atoms with Gasteiger partial charge in [-0.2, -0.15) is 22.5 Å². The quantitative estimate of drug-likeness (QED) is 0.738. The molecule has 0 radical (unpaired) electrons. The summed E-state index contributed by atoms with van der Waals surface area (Å²) in [5, 5.41) is 3.25. The van der Waals surface area contributed by atoms with Crippen molar-refractivity contribution in [3.63, 3.8) is 0 Å². The van der Waals surface area contributed by atoms with Crippen LogP contribution < -0.4 is 5.32 Å². The van der Waals surface area contributed by atoms with Crippen molar-refractivity contribution >= 4 is 27.9 Å². The zero-order valence-electron chi connectivity index (χ0n) is 12.3. The third kappa shape index (κ3) is 4.53. The van der Waals surface area contributed by atoms with Crippen LogP contribution in [-0.4, -0.2) is 9.36 Å². The standard InChI is InChI=1S/C16H14F3N3S/c1-3-5-7-11(4-2)14-21-15(23-22-14)20-13-9-6-8-12(10-13)16(17,18)19/h3-10H,2H2,1H3,(H,20,21,22)/b5-3-,11-7+. The molecule has 23 heavy (non-hydrogen) atoms. The lowest BCUT2D eigenvalue weighted by Gasteiger charge is -2.08. The van der Waals surface area contributed by atoms with Crippen LogP contribution in [-0.2, 0) is 6.18 Å². The topological polar surface area (TPSA) is 37.8 Å². The second-order valence-corrected chi connectivity index (χ2v) is 5.23. The van der Waals surface area contributed by atoms with Crippen LogP contribution in [0.2, 0.25) is 0 Å². The number of allylic oxidation sites excluding steroid dienone is 5. The van der Waals surface area contributed by atoms with Crippen LogP contribution in [0.4, 0.5) is 24.0 Å². The number of halogens is 3. The van der Waals surface area contributed by atoms with Gasteiger partial charge in [0.2, 0.25) is 5.13 Å². The summed E-state index contributed by atoms with van der Waals surface area (Å²) in [4.78, 5) is 4.26. The van der Waals surface area contributed by atoms with Crippen molar-refractivity contribution in [2.24, 2.45) is 0 Å². The lowest BCUT2D eigenvalue weighted by molar-refractivity contribution is -0.137. The molecule has 0 fully saturated rings. The largest absolute Gasteiger partial charge is 0.416 e. The van der Waals surface area contributed by atoms with Crippen molar-refractivity contribution in [2.45, 2.75) is 13.1 Å². The van der Waals surface area contributed by atoms with E-state index >= 15 is 0 Å². The maximum Gasteiger partial charge on any atom is 0.416 e. The molecule has 0 bridgehead atoms. The number of rotatable bonds is 5. The Labute approximate surface area is 136 Å². The second kappa shape index (κ2) is 7.23. The smallest absolute Gasteiger partial charge is 0.330 e. The van der Waals surface area contributed by atoms with E-state index in [1.165, 1.54) is 6.07 Å². The Morgan fingerprint density at radius 1 is 1.35 bits per heavy atom. The van der Waals surface area contributed by atoms with E-state index in [1.807, 2.05) is 25.2 Å². The molecule has 0 saturated heterocycles. The first-order chi connectivity index (χ1) is 10.9. The third-order valence-corrected chi connectivity index (χ3v) is 3.44.